The molecule has 112 valence electrons. The summed E-state index contributed by atoms with van der Waals surface area (Å²) in [4.78, 5) is 0. The average molecular weight is 284 g/mol. The molecule has 2 nitrogen and oxygen atoms in total. The molecule has 0 N–H and O–H groups in total. The van der Waals surface area contributed by atoms with E-state index in [0.29, 0.717) is 13.2 Å². The summed E-state index contributed by atoms with van der Waals surface area (Å²) >= 11 is 0. The molecule has 2 unspecified atom stereocenters. The van der Waals surface area contributed by atoms with Gasteiger partial charge in [0.1, 0.15) is 0 Å². The lowest BCUT2D eigenvalue weighted by atomic mass is 9.98. The molecule has 0 spiro atoms. The smallest absolute Gasteiger partial charge is 0.0852 e. The van der Waals surface area contributed by atoms with Crippen molar-refractivity contribution in [2.45, 2.75) is 32.5 Å². The molecule has 2 aromatic rings. The lowest BCUT2D eigenvalue weighted by Gasteiger charge is -2.24. The standard InChI is InChI=1S/C19H24O2/c1-3-20-18(16-11-7-5-8-12-16)15-19(21-4-2)17-13-9-6-10-14-17/h5-14,18-19H,3-4,15H2,1-2H3. The van der Waals surface area contributed by atoms with Crippen LogP contribution < -0.4 is 0 Å². The maximum absolute atomic E-state index is 5.95. The van der Waals surface area contributed by atoms with Gasteiger partial charge in [-0.15, -0.1) is 0 Å². The molecule has 0 saturated carbocycles. The van der Waals surface area contributed by atoms with E-state index in [9.17, 15) is 0 Å². The maximum atomic E-state index is 5.95. The minimum absolute atomic E-state index is 0.0629. The van der Waals surface area contributed by atoms with Crippen LogP contribution in [0.3, 0.4) is 0 Å². The van der Waals surface area contributed by atoms with Gasteiger partial charge in [-0.3, -0.25) is 0 Å². The Kier molecular flexibility index (Phi) is 6.45. The molecule has 0 heterocycles. The van der Waals surface area contributed by atoms with Gasteiger partial charge in [0.05, 0.1) is 12.2 Å². The predicted octanol–water partition coefficient (Wildman–Crippen LogP) is 4.93. The molecule has 21 heavy (non-hydrogen) atoms. The predicted molar refractivity (Wildman–Crippen MR) is 86.2 cm³/mol. The van der Waals surface area contributed by atoms with Crippen LogP contribution in [-0.4, -0.2) is 13.2 Å². The van der Waals surface area contributed by atoms with Gasteiger partial charge in [-0.2, -0.15) is 0 Å². The molecule has 2 atom stereocenters. The summed E-state index contributed by atoms with van der Waals surface area (Å²) in [6.07, 6.45) is 0.955. The molecule has 0 aliphatic heterocycles. The molecule has 2 rings (SSSR count). The molecule has 0 aliphatic carbocycles. The first-order valence-corrected chi connectivity index (χ1v) is 7.68. The summed E-state index contributed by atoms with van der Waals surface area (Å²) in [5.74, 6) is 0. The van der Waals surface area contributed by atoms with E-state index >= 15 is 0 Å². The number of hydrogen-bond donors (Lipinski definition) is 0. The van der Waals surface area contributed by atoms with Crippen molar-refractivity contribution in [2.75, 3.05) is 13.2 Å². The first-order valence-electron chi connectivity index (χ1n) is 7.68. The van der Waals surface area contributed by atoms with Crippen LogP contribution in [0.2, 0.25) is 0 Å². The van der Waals surface area contributed by atoms with Crippen molar-refractivity contribution in [1.82, 2.24) is 0 Å². The van der Waals surface area contributed by atoms with Crippen LogP contribution in [0.25, 0.3) is 0 Å². The normalized spacial score (nSPS) is 13.8. The Hall–Kier alpha value is -1.64. The molecule has 2 aromatic carbocycles. The molecule has 0 amide bonds. The number of rotatable bonds is 8. The SMILES string of the molecule is CCOC(CC(OCC)c1ccccc1)c1ccccc1. The Morgan fingerprint density at radius 2 is 1.05 bits per heavy atom. The molecule has 0 bridgehead atoms. The summed E-state index contributed by atoms with van der Waals surface area (Å²) in [7, 11) is 0. The van der Waals surface area contributed by atoms with Gasteiger partial charge < -0.3 is 9.47 Å². The first kappa shape index (κ1) is 15.7. The zero-order valence-electron chi connectivity index (χ0n) is 12.9. The van der Waals surface area contributed by atoms with Gasteiger partial charge in [0, 0.05) is 19.6 Å². The van der Waals surface area contributed by atoms with E-state index in [1.54, 1.807) is 0 Å². The van der Waals surface area contributed by atoms with Gasteiger partial charge in [0.25, 0.3) is 0 Å². The van der Waals surface area contributed by atoms with Gasteiger partial charge in [-0.1, -0.05) is 60.7 Å². The molecule has 2 heteroatoms. The van der Waals surface area contributed by atoms with Crippen molar-refractivity contribution in [2.24, 2.45) is 0 Å². The Morgan fingerprint density at radius 1 is 0.667 bits per heavy atom. The number of hydrogen-bond acceptors (Lipinski definition) is 2. The molecule has 0 aromatic heterocycles. The maximum Gasteiger partial charge on any atom is 0.0852 e. The molecule has 0 saturated heterocycles. The van der Waals surface area contributed by atoms with Crippen molar-refractivity contribution < 1.29 is 9.47 Å². The third kappa shape index (κ3) is 4.69. The summed E-state index contributed by atoms with van der Waals surface area (Å²) in [6.45, 7) is 5.47. The van der Waals surface area contributed by atoms with E-state index in [0.717, 1.165) is 6.42 Å². The Balaban J connectivity index is 2.16. The summed E-state index contributed by atoms with van der Waals surface area (Å²) in [5, 5.41) is 0. The van der Waals surface area contributed by atoms with Crippen LogP contribution in [-0.2, 0) is 9.47 Å². The van der Waals surface area contributed by atoms with E-state index in [2.05, 4.69) is 48.5 Å². The van der Waals surface area contributed by atoms with E-state index in [4.69, 9.17) is 9.47 Å². The highest BCUT2D eigenvalue weighted by molar-refractivity contribution is 5.21. The van der Waals surface area contributed by atoms with Crippen molar-refractivity contribution >= 4 is 0 Å². The summed E-state index contributed by atoms with van der Waals surface area (Å²) in [5.41, 5.74) is 2.42. The van der Waals surface area contributed by atoms with Crippen molar-refractivity contribution in [3.8, 4) is 0 Å². The molecule has 0 fully saturated rings. The first-order chi connectivity index (χ1) is 10.3. The molecule has 0 radical (unpaired) electrons. The van der Waals surface area contributed by atoms with Gasteiger partial charge in [0.15, 0.2) is 0 Å². The Bertz CT molecular complexity index is 448. The minimum atomic E-state index is 0.0629. The Morgan fingerprint density at radius 3 is 1.38 bits per heavy atom. The highest BCUT2D eigenvalue weighted by Gasteiger charge is 2.20. The van der Waals surface area contributed by atoms with E-state index < -0.39 is 0 Å². The van der Waals surface area contributed by atoms with Crippen LogP contribution >= 0.6 is 0 Å². The summed E-state index contributed by atoms with van der Waals surface area (Å²) in [6, 6.07) is 20.8. The fourth-order valence-corrected chi connectivity index (χ4v) is 2.53. The largest absolute Gasteiger partial charge is 0.374 e. The summed E-state index contributed by atoms with van der Waals surface area (Å²) < 4.78 is 11.9. The second kappa shape index (κ2) is 8.60. The third-order valence-electron chi connectivity index (χ3n) is 3.51. The topological polar surface area (TPSA) is 18.5 Å². The fourth-order valence-electron chi connectivity index (χ4n) is 2.53. The zero-order chi connectivity index (χ0) is 14.9. The van der Waals surface area contributed by atoms with E-state index in [-0.39, 0.29) is 12.2 Å². The second-order valence-electron chi connectivity index (χ2n) is 4.95. The minimum Gasteiger partial charge on any atom is -0.374 e. The Labute approximate surface area is 127 Å². The van der Waals surface area contributed by atoms with Crippen LogP contribution in [0, 0.1) is 0 Å². The highest BCUT2D eigenvalue weighted by Crippen LogP contribution is 2.31. The quantitative estimate of drug-likeness (QED) is 0.684. The van der Waals surface area contributed by atoms with Crippen LogP contribution in [0.1, 0.15) is 43.6 Å². The number of benzene rings is 2. The van der Waals surface area contributed by atoms with E-state index in [1.807, 2.05) is 26.0 Å². The molecule has 0 aliphatic rings. The second-order valence-corrected chi connectivity index (χ2v) is 4.95. The van der Waals surface area contributed by atoms with Crippen molar-refractivity contribution in [3.05, 3.63) is 71.8 Å². The zero-order valence-corrected chi connectivity index (χ0v) is 12.9. The highest BCUT2D eigenvalue weighted by atomic mass is 16.5. The van der Waals surface area contributed by atoms with Crippen LogP contribution in [0.4, 0.5) is 0 Å². The molecular weight excluding hydrogens is 260 g/mol. The average Bonchev–Trinajstić information content (AvgIpc) is 2.55. The lowest BCUT2D eigenvalue weighted by Crippen LogP contribution is -2.13. The van der Waals surface area contributed by atoms with Gasteiger partial charge in [0.2, 0.25) is 0 Å². The van der Waals surface area contributed by atoms with Gasteiger partial charge in [-0.05, 0) is 25.0 Å². The van der Waals surface area contributed by atoms with Crippen LogP contribution in [0.5, 0.6) is 0 Å². The van der Waals surface area contributed by atoms with Gasteiger partial charge in [-0.25, -0.2) is 0 Å². The number of ether oxygens (including phenoxy) is 2. The van der Waals surface area contributed by atoms with Gasteiger partial charge >= 0.3 is 0 Å². The monoisotopic (exact) mass is 284 g/mol. The lowest BCUT2D eigenvalue weighted by molar-refractivity contribution is -0.0126. The third-order valence-corrected chi connectivity index (χ3v) is 3.51. The van der Waals surface area contributed by atoms with Crippen molar-refractivity contribution in [3.63, 3.8) is 0 Å². The van der Waals surface area contributed by atoms with Crippen molar-refractivity contribution in [1.29, 1.82) is 0 Å². The van der Waals surface area contributed by atoms with Crippen LogP contribution in [0.15, 0.2) is 60.7 Å². The fraction of sp³-hybridized carbons (Fsp3) is 0.368. The molecular formula is C19H24O2. The van der Waals surface area contributed by atoms with E-state index in [1.165, 1.54) is 11.1 Å².